The molecule has 0 aliphatic carbocycles. The highest BCUT2D eigenvalue weighted by molar-refractivity contribution is 5.21. The summed E-state index contributed by atoms with van der Waals surface area (Å²) in [6.45, 7) is 2.08. The lowest BCUT2D eigenvalue weighted by atomic mass is 10.4. The summed E-state index contributed by atoms with van der Waals surface area (Å²) >= 11 is 0. The van der Waals surface area contributed by atoms with Crippen molar-refractivity contribution in [2.24, 2.45) is 0 Å². The largest absolute Gasteiger partial charge is 0.396 e. The van der Waals surface area contributed by atoms with Gasteiger partial charge in [0.1, 0.15) is 6.54 Å². The lowest BCUT2D eigenvalue weighted by molar-refractivity contribution is -0.392. The minimum Gasteiger partial charge on any atom is -0.396 e. The van der Waals surface area contributed by atoms with Gasteiger partial charge in [0.2, 0.25) is 0 Å². The van der Waals surface area contributed by atoms with Crippen molar-refractivity contribution in [1.29, 1.82) is 0 Å². The predicted octanol–water partition coefficient (Wildman–Crippen LogP) is 0.482. The van der Waals surface area contributed by atoms with Crippen LogP contribution >= 0.6 is 0 Å². The molecule has 0 fully saturated rings. The molecule has 0 saturated carbocycles. The van der Waals surface area contributed by atoms with Gasteiger partial charge in [-0.05, 0) is 11.8 Å². The van der Waals surface area contributed by atoms with Crippen molar-refractivity contribution in [2.45, 2.75) is 19.9 Å². The van der Waals surface area contributed by atoms with Gasteiger partial charge in [-0.25, -0.2) is 0 Å². The molecule has 1 aromatic rings. The summed E-state index contributed by atoms with van der Waals surface area (Å²) in [4.78, 5) is 10.0. The zero-order valence-electron chi connectivity index (χ0n) is 7.30. The molecular formula is C7H11N3O3. The summed E-state index contributed by atoms with van der Waals surface area (Å²) in [5.74, 6) is -0.0223. The van der Waals surface area contributed by atoms with Gasteiger partial charge >= 0.3 is 5.82 Å². The van der Waals surface area contributed by atoms with E-state index in [9.17, 15) is 10.1 Å². The highest BCUT2D eigenvalue weighted by Crippen LogP contribution is 2.12. The molecule has 0 amide bonds. The maximum Gasteiger partial charge on any atom is 0.345 e. The van der Waals surface area contributed by atoms with Gasteiger partial charge in [-0.15, -0.1) is 4.68 Å². The van der Waals surface area contributed by atoms with E-state index in [0.29, 0.717) is 18.7 Å². The average Bonchev–Trinajstić information content (AvgIpc) is 2.43. The number of hydrogen-bond donors (Lipinski definition) is 1. The van der Waals surface area contributed by atoms with Gasteiger partial charge in [0.25, 0.3) is 0 Å². The van der Waals surface area contributed by atoms with Gasteiger partial charge in [0.05, 0.1) is 11.8 Å². The molecule has 1 N–H and O–H groups in total. The second-order valence-electron chi connectivity index (χ2n) is 2.70. The minimum absolute atomic E-state index is 0.00998. The molecule has 0 radical (unpaired) electrons. The number of aliphatic hydroxyl groups excluding tert-OH is 1. The number of aromatic nitrogens is 2. The van der Waals surface area contributed by atoms with E-state index in [-0.39, 0.29) is 12.4 Å². The Hall–Kier alpha value is -1.43. The SMILES string of the molecule is Cc1cc([N+](=O)[O-])n(CCCO)n1. The second-order valence-corrected chi connectivity index (χ2v) is 2.70. The molecule has 13 heavy (non-hydrogen) atoms. The Kier molecular flexibility index (Phi) is 2.97. The third kappa shape index (κ3) is 2.25. The van der Waals surface area contributed by atoms with E-state index in [4.69, 9.17) is 5.11 Å². The molecule has 6 nitrogen and oxygen atoms in total. The number of hydrogen-bond acceptors (Lipinski definition) is 4. The topological polar surface area (TPSA) is 81.2 Å². The summed E-state index contributed by atoms with van der Waals surface area (Å²) in [5, 5.41) is 23.0. The van der Waals surface area contributed by atoms with E-state index in [0.717, 1.165) is 0 Å². The fraction of sp³-hybridized carbons (Fsp3) is 0.571. The highest BCUT2D eigenvalue weighted by Gasteiger charge is 2.15. The molecule has 72 valence electrons. The van der Waals surface area contributed by atoms with Gasteiger partial charge in [-0.3, -0.25) is 0 Å². The molecule has 0 unspecified atom stereocenters. The molecular weight excluding hydrogens is 174 g/mol. The van der Waals surface area contributed by atoms with Crippen molar-refractivity contribution in [3.8, 4) is 0 Å². The molecule has 1 rings (SSSR count). The van der Waals surface area contributed by atoms with Crippen LogP contribution in [0.2, 0.25) is 0 Å². The molecule has 6 heteroatoms. The minimum atomic E-state index is -0.475. The highest BCUT2D eigenvalue weighted by atomic mass is 16.6. The van der Waals surface area contributed by atoms with E-state index >= 15 is 0 Å². The summed E-state index contributed by atoms with van der Waals surface area (Å²) in [5.41, 5.74) is 0.615. The van der Waals surface area contributed by atoms with E-state index in [2.05, 4.69) is 5.10 Å². The van der Waals surface area contributed by atoms with Crippen LogP contribution in [0.25, 0.3) is 0 Å². The van der Waals surface area contributed by atoms with E-state index < -0.39 is 4.92 Å². The average molecular weight is 185 g/mol. The van der Waals surface area contributed by atoms with Gasteiger partial charge in [-0.2, -0.15) is 0 Å². The zero-order valence-corrected chi connectivity index (χ0v) is 7.30. The standard InChI is InChI=1S/C7H11N3O3/c1-6-5-7(10(12)13)9(8-6)3-2-4-11/h5,11H,2-4H2,1H3. The molecule has 0 spiro atoms. The Morgan fingerprint density at radius 3 is 3.00 bits per heavy atom. The molecule has 0 aliphatic heterocycles. The Balaban J connectivity index is 2.84. The van der Waals surface area contributed by atoms with E-state index in [1.54, 1.807) is 6.92 Å². The van der Waals surface area contributed by atoms with Crippen LogP contribution in [0.4, 0.5) is 5.82 Å². The molecule has 0 saturated heterocycles. The van der Waals surface area contributed by atoms with Crippen LogP contribution in [0, 0.1) is 17.0 Å². The molecule has 1 heterocycles. The summed E-state index contributed by atoms with van der Waals surface area (Å²) < 4.78 is 1.30. The normalized spacial score (nSPS) is 10.3. The first-order valence-electron chi connectivity index (χ1n) is 3.95. The fourth-order valence-corrected chi connectivity index (χ4v) is 1.06. The molecule has 0 bridgehead atoms. The van der Waals surface area contributed by atoms with Crippen LogP contribution in [0.15, 0.2) is 6.07 Å². The first-order chi connectivity index (χ1) is 6.15. The summed E-state index contributed by atoms with van der Waals surface area (Å²) in [6, 6.07) is 1.41. The van der Waals surface area contributed by atoms with Crippen LogP contribution in [-0.4, -0.2) is 26.4 Å². The van der Waals surface area contributed by atoms with Gasteiger partial charge in [-0.1, -0.05) is 5.10 Å². The smallest absolute Gasteiger partial charge is 0.345 e. The number of rotatable bonds is 4. The predicted molar refractivity (Wildman–Crippen MR) is 45.3 cm³/mol. The first kappa shape index (κ1) is 9.66. The summed E-state index contributed by atoms with van der Waals surface area (Å²) in [6.07, 6.45) is 0.474. The van der Waals surface area contributed by atoms with E-state index in [1.807, 2.05) is 0 Å². The van der Waals surface area contributed by atoms with Crippen LogP contribution in [-0.2, 0) is 6.54 Å². The van der Waals surface area contributed by atoms with Gasteiger partial charge in [0, 0.05) is 13.0 Å². The van der Waals surface area contributed by atoms with Crippen molar-refractivity contribution in [3.05, 3.63) is 21.9 Å². The maximum atomic E-state index is 10.5. The van der Waals surface area contributed by atoms with Crippen molar-refractivity contribution >= 4 is 5.82 Å². The molecule has 0 atom stereocenters. The lowest BCUT2D eigenvalue weighted by Gasteiger charge is -1.96. The molecule has 0 aromatic carbocycles. The van der Waals surface area contributed by atoms with Crippen molar-refractivity contribution in [2.75, 3.05) is 6.61 Å². The third-order valence-corrected chi connectivity index (χ3v) is 1.60. The van der Waals surface area contributed by atoms with Crippen molar-refractivity contribution in [1.82, 2.24) is 9.78 Å². The molecule has 1 aromatic heterocycles. The number of nitrogens with zero attached hydrogens (tertiary/aromatic N) is 3. The monoisotopic (exact) mass is 185 g/mol. The Morgan fingerprint density at radius 2 is 2.46 bits per heavy atom. The lowest BCUT2D eigenvalue weighted by Crippen LogP contribution is -2.06. The third-order valence-electron chi connectivity index (χ3n) is 1.60. The fourth-order valence-electron chi connectivity index (χ4n) is 1.06. The van der Waals surface area contributed by atoms with Gasteiger partial charge in [0.15, 0.2) is 0 Å². The van der Waals surface area contributed by atoms with Crippen LogP contribution in [0.3, 0.4) is 0 Å². The van der Waals surface area contributed by atoms with Crippen molar-refractivity contribution in [3.63, 3.8) is 0 Å². The number of aliphatic hydroxyl groups is 1. The Labute approximate surface area is 74.9 Å². The summed E-state index contributed by atoms with van der Waals surface area (Å²) in [7, 11) is 0. The van der Waals surface area contributed by atoms with E-state index in [1.165, 1.54) is 10.7 Å². The van der Waals surface area contributed by atoms with Crippen LogP contribution in [0.5, 0.6) is 0 Å². The zero-order chi connectivity index (χ0) is 9.84. The Morgan fingerprint density at radius 1 is 1.77 bits per heavy atom. The molecule has 0 aliphatic rings. The second kappa shape index (κ2) is 3.99. The van der Waals surface area contributed by atoms with Crippen molar-refractivity contribution < 1.29 is 10.0 Å². The van der Waals surface area contributed by atoms with Crippen LogP contribution < -0.4 is 0 Å². The first-order valence-corrected chi connectivity index (χ1v) is 3.95. The quantitative estimate of drug-likeness (QED) is 0.546. The van der Waals surface area contributed by atoms with Crippen LogP contribution in [0.1, 0.15) is 12.1 Å². The Bertz CT molecular complexity index is 308. The number of aryl methyl sites for hydroxylation is 2. The van der Waals surface area contributed by atoms with Gasteiger partial charge < -0.3 is 15.2 Å². The number of nitro groups is 1. The maximum absolute atomic E-state index is 10.5.